The summed E-state index contributed by atoms with van der Waals surface area (Å²) >= 11 is 0. The fourth-order valence-electron chi connectivity index (χ4n) is 2.13. The number of ether oxygens (including phenoxy) is 3. The predicted octanol–water partition coefficient (Wildman–Crippen LogP) is 5.00. The van der Waals surface area contributed by atoms with Crippen molar-refractivity contribution in [3.63, 3.8) is 0 Å². The van der Waals surface area contributed by atoms with Crippen LogP contribution in [-0.4, -0.2) is 19.5 Å². The van der Waals surface area contributed by atoms with Gasteiger partial charge in [-0.25, -0.2) is 0 Å². The summed E-state index contributed by atoms with van der Waals surface area (Å²) in [6.45, 7) is 16.0. The molecular formula is C19H28O3. The molecule has 1 rings (SSSR count). The molecule has 0 aliphatic carbocycles. The summed E-state index contributed by atoms with van der Waals surface area (Å²) in [6.07, 6.45) is 4.60. The molecule has 0 bridgehead atoms. The van der Waals surface area contributed by atoms with E-state index in [1.54, 1.807) is 13.2 Å². The molecule has 1 atom stereocenters. The van der Waals surface area contributed by atoms with Crippen LogP contribution in [0.25, 0.3) is 0 Å². The lowest BCUT2D eigenvalue weighted by atomic mass is 9.95. The van der Waals surface area contributed by atoms with Gasteiger partial charge < -0.3 is 14.2 Å². The first kappa shape index (κ1) is 18.3. The van der Waals surface area contributed by atoms with Crippen LogP contribution in [0.4, 0.5) is 0 Å². The molecule has 0 N–H and O–H groups in total. The average molecular weight is 304 g/mol. The van der Waals surface area contributed by atoms with Crippen LogP contribution in [0.15, 0.2) is 37.4 Å². The smallest absolute Gasteiger partial charge is 0.188 e. The second-order valence-electron chi connectivity index (χ2n) is 6.04. The third-order valence-corrected chi connectivity index (χ3v) is 3.56. The Labute approximate surface area is 134 Å². The molecule has 0 aliphatic rings. The quantitative estimate of drug-likeness (QED) is 0.474. The molecule has 0 amide bonds. The number of hydrogen-bond donors (Lipinski definition) is 0. The lowest BCUT2D eigenvalue weighted by molar-refractivity contribution is 0.0504. The molecule has 0 saturated heterocycles. The van der Waals surface area contributed by atoms with Gasteiger partial charge in [0.2, 0.25) is 0 Å². The summed E-state index contributed by atoms with van der Waals surface area (Å²) in [6, 6.07) is 4.06. The lowest BCUT2D eigenvalue weighted by Gasteiger charge is -2.27. The number of aryl methyl sites for hydroxylation is 1. The Kier molecular flexibility index (Phi) is 6.69. The van der Waals surface area contributed by atoms with Crippen molar-refractivity contribution in [2.24, 2.45) is 0 Å². The molecule has 22 heavy (non-hydrogen) atoms. The van der Waals surface area contributed by atoms with E-state index < -0.39 is 5.60 Å². The normalized spacial score (nSPS) is 12.6. The number of allylic oxidation sites excluding steroid dienone is 1. The standard InChI is InChI=1S/C19H28O3/c1-8-10-14(3)16-12-17(21-13-20-7)15(4)11-18(16)22-19(5,6)9-2/h8-9,11-12,14H,1-2,10,13H2,3-7H3/t14-/m1/s1. The fourth-order valence-corrected chi connectivity index (χ4v) is 2.13. The molecule has 0 spiro atoms. The number of rotatable bonds is 9. The molecule has 0 aromatic heterocycles. The summed E-state index contributed by atoms with van der Waals surface area (Å²) in [7, 11) is 1.61. The first-order chi connectivity index (χ1) is 10.3. The van der Waals surface area contributed by atoms with Gasteiger partial charge in [-0.2, -0.15) is 0 Å². The molecule has 0 aliphatic heterocycles. The first-order valence-electron chi connectivity index (χ1n) is 7.54. The van der Waals surface area contributed by atoms with Crippen LogP contribution >= 0.6 is 0 Å². The van der Waals surface area contributed by atoms with E-state index >= 15 is 0 Å². The van der Waals surface area contributed by atoms with Gasteiger partial charge in [0.1, 0.15) is 17.1 Å². The Balaban J connectivity index is 3.25. The maximum atomic E-state index is 6.15. The number of benzene rings is 1. The highest BCUT2D eigenvalue weighted by Gasteiger charge is 2.21. The summed E-state index contributed by atoms with van der Waals surface area (Å²) < 4.78 is 16.8. The third kappa shape index (κ3) is 4.92. The largest absolute Gasteiger partial charge is 0.483 e. The molecular weight excluding hydrogens is 276 g/mol. The van der Waals surface area contributed by atoms with Gasteiger partial charge in [-0.05, 0) is 56.9 Å². The fraction of sp³-hybridized carbons (Fsp3) is 0.474. The molecule has 1 aromatic carbocycles. The van der Waals surface area contributed by atoms with E-state index in [1.807, 2.05) is 39.0 Å². The van der Waals surface area contributed by atoms with Gasteiger partial charge in [-0.3, -0.25) is 0 Å². The summed E-state index contributed by atoms with van der Waals surface area (Å²) in [5.74, 6) is 1.97. The van der Waals surface area contributed by atoms with Crippen LogP contribution in [0, 0.1) is 6.92 Å². The molecule has 3 heteroatoms. The van der Waals surface area contributed by atoms with Crippen LogP contribution in [0.5, 0.6) is 11.5 Å². The van der Waals surface area contributed by atoms with Gasteiger partial charge in [0.25, 0.3) is 0 Å². The van der Waals surface area contributed by atoms with Crippen molar-refractivity contribution in [1.82, 2.24) is 0 Å². The van der Waals surface area contributed by atoms with E-state index in [0.717, 1.165) is 29.0 Å². The van der Waals surface area contributed by atoms with E-state index in [-0.39, 0.29) is 6.79 Å². The predicted molar refractivity (Wildman–Crippen MR) is 91.8 cm³/mol. The zero-order valence-electron chi connectivity index (χ0n) is 14.4. The van der Waals surface area contributed by atoms with E-state index in [0.29, 0.717) is 5.92 Å². The van der Waals surface area contributed by atoms with Crippen LogP contribution in [0.1, 0.15) is 44.2 Å². The van der Waals surface area contributed by atoms with Crippen molar-refractivity contribution in [3.8, 4) is 11.5 Å². The monoisotopic (exact) mass is 304 g/mol. The minimum atomic E-state index is -0.427. The average Bonchev–Trinajstić information content (AvgIpc) is 2.46. The number of methoxy groups -OCH3 is 1. The highest BCUT2D eigenvalue weighted by atomic mass is 16.7. The van der Waals surface area contributed by atoms with E-state index in [2.05, 4.69) is 20.1 Å². The Morgan fingerprint density at radius 1 is 1.23 bits per heavy atom. The van der Waals surface area contributed by atoms with Crippen LogP contribution in [0.3, 0.4) is 0 Å². The minimum absolute atomic E-state index is 0.231. The van der Waals surface area contributed by atoms with Gasteiger partial charge in [-0.1, -0.05) is 19.6 Å². The van der Waals surface area contributed by atoms with Crippen molar-refractivity contribution in [2.75, 3.05) is 13.9 Å². The summed E-state index contributed by atoms with van der Waals surface area (Å²) in [5, 5.41) is 0. The lowest BCUT2D eigenvalue weighted by Crippen LogP contribution is -2.25. The van der Waals surface area contributed by atoms with E-state index in [4.69, 9.17) is 14.2 Å². The maximum absolute atomic E-state index is 6.15. The van der Waals surface area contributed by atoms with Crippen molar-refractivity contribution >= 4 is 0 Å². The van der Waals surface area contributed by atoms with Gasteiger partial charge in [0.05, 0.1) is 0 Å². The number of hydrogen-bond acceptors (Lipinski definition) is 3. The van der Waals surface area contributed by atoms with E-state index in [9.17, 15) is 0 Å². The van der Waals surface area contributed by atoms with E-state index in [1.165, 1.54) is 0 Å². The van der Waals surface area contributed by atoms with Crippen LogP contribution in [-0.2, 0) is 4.74 Å². The molecule has 0 unspecified atom stereocenters. The zero-order valence-corrected chi connectivity index (χ0v) is 14.4. The van der Waals surface area contributed by atoms with Gasteiger partial charge in [0.15, 0.2) is 6.79 Å². The maximum Gasteiger partial charge on any atom is 0.188 e. The Bertz CT molecular complexity index is 518. The SMILES string of the molecule is C=CC[C@@H](C)c1cc(OCOC)c(C)cc1OC(C)(C)C=C. The zero-order chi connectivity index (χ0) is 16.8. The second-order valence-corrected chi connectivity index (χ2v) is 6.04. The molecule has 0 radical (unpaired) electrons. The molecule has 0 heterocycles. The van der Waals surface area contributed by atoms with Gasteiger partial charge in [0, 0.05) is 12.7 Å². The van der Waals surface area contributed by atoms with Gasteiger partial charge in [-0.15, -0.1) is 6.58 Å². The Morgan fingerprint density at radius 3 is 2.45 bits per heavy atom. The summed E-state index contributed by atoms with van der Waals surface area (Å²) in [4.78, 5) is 0. The summed E-state index contributed by atoms with van der Waals surface area (Å²) in [5.41, 5.74) is 1.69. The molecule has 3 nitrogen and oxygen atoms in total. The molecule has 122 valence electrons. The highest BCUT2D eigenvalue weighted by molar-refractivity contribution is 5.48. The molecule has 1 aromatic rings. The third-order valence-electron chi connectivity index (χ3n) is 3.56. The van der Waals surface area contributed by atoms with Crippen molar-refractivity contribution in [2.45, 2.75) is 45.6 Å². The Hall–Kier alpha value is -1.74. The first-order valence-corrected chi connectivity index (χ1v) is 7.54. The topological polar surface area (TPSA) is 27.7 Å². The Morgan fingerprint density at radius 2 is 1.91 bits per heavy atom. The van der Waals surface area contributed by atoms with Gasteiger partial charge >= 0.3 is 0 Å². The molecule has 0 saturated carbocycles. The van der Waals surface area contributed by atoms with Crippen LogP contribution < -0.4 is 9.47 Å². The van der Waals surface area contributed by atoms with Crippen molar-refractivity contribution < 1.29 is 14.2 Å². The molecule has 0 fully saturated rings. The minimum Gasteiger partial charge on any atom is -0.483 e. The highest BCUT2D eigenvalue weighted by Crippen LogP contribution is 2.37. The van der Waals surface area contributed by atoms with Crippen LogP contribution in [0.2, 0.25) is 0 Å². The second kappa shape index (κ2) is 8.04. The van der Waals surface area contributed by atoms with Crippen molar-refractivity contribution in [3.05, 3.63) is 48.6 Å². The van der Waals surface area contributed by atoms with Crippen molar-refractivity contribution in [1.29, 1.82) is 0 Å².